The molecule has 0 saturated heterocycles. The standard InChI is InChI=1S/C12H13ClN2OS/c1-8(2)15-12(10(13)7-14-15)11(16)6-9-4-3-5-17-9/h3-5,7-8H,6H2,1-2H3. The Labute approximate surface area is 109 Å². The number of hydrogen-bond acceptors (Lipinski definition) is 3. The summed E-state index contributed by atoms with van der Waals surface area (Å²) in [6.07, 6.45) is 1.92. The van der Waals surface area contributed by atoms with Crippen LogP contribution in [0.3, 0.4) is 0 Å². The van der Waals surface area contributed by atoms with Gasteiger partial charge in [-0.1, -0.05) is 17.7 Å². The molecule has 0 aliphatic carbocycles. The summed E-state index contributed by atoms with van der Waals surface area (Å²) in [6.45, 7) is 3.95. The molecule has 0 unspecified atom stereocenters. The largest absolute Gasteiger partial charge is 0.292 e. The summed E-state index contributed by atoms with van der Waals surface area (Å²) >= 11 is 7.60. The van der Waals surface area contributed by atoms with Crippen LogP contribution in [-0.4, -0.2) is 15.6 Å². The molecule has 90 valence electrons. The van der Waals surface area contributed by atoms with E-state index in [1.807, 2.05) is 31.4 Å². The van der Waals surface area contributed by atoms with Crippen LogP contribution >= 0.6 is 22.9 Å². The molecule has 2 aromatic rings. The maximum absolute atomic E-state index is 12.2. The molecule has 0 spiro atoms. The number of rotatable bonds is 4. The van der Waals surface area contributed by atoms with Gasteiger partial charge in [0.2, 0.25) is 0 Å². The molecule has 0 aromatic carbocycles. The second-order valence-electron chi connectivity index (χ2n) is 4.06. The average Bonchev–Trinajstić information content (AvgIpc) is 2.86. The van der Waals surface area contributed by atoms with Gasteiger partial charge in [-0.25, -0.2) is 0 Å². The molecule has 0 amide bonds. The highest BCUT2D eigenvalue weighted by molar-refractivity contribution is 7.10. The zero-order valence-corrected chi connectivity index (χ0v) is 11.3. The van der Waals surface area contributed by atoms with Gasteiger partial charge in [0.15, 0.2) is 5.78 Å². The fourth-order valence-electron chi connectivity index (χ4n) is 1.65. The first-order valence-electron chi connectivity index (χ1n) is 5.38. The van der Waals surface area contributed by atoms with E-state index >= 15 is 0 Å². The lowest BCUT2D eigenvalue weighted by Crippen LogP contribution is -2.14. The van der Waals surface area contributed by atoms with Crippen LogP contribution in [0.4, 0.5) is 0 Å². The number of aromatic nitrogens is 2. The predicted octanol–water partition coefficient (Wildman–Crippen LogP) is 3.60. The van der Waals surface area contributed by atoms with Gasteiger partial charge in [0.05, 0.1) is 11.2 Å². The van der Waals surface area contributed by atoms with Crippen molar-refractivity contribution < 1.29 is 4.79 Å². The number of halogens is 1. The molecule has 0 aliphatic heterocycles. The first-order valence-corrected chi connectivity index (χ1v) is 6.64. The SMILES string of the molecule is CC(C)n1ncc(Cl)c1C(=O)Cc1cccs1. The summed E-state index contributed by atoms with van der Waals surface area (Å²) in [5.41, 5.74) is 0.509. The van der Waals surface area contributed by atoms with Crippen LogP contribution in [0.1, 0.15) is 35.3 Å². The highest BCUT2D eigenvalue weighted by atomic mass is 35.5. The van der Waals surface area contributed by atoms with Crippen LogP contribution in [0.5, 0.6) is 0 Å². The van der Waals surface area contributed by atoms with Gasteiger partial charge in [0.25, 0.3) is 0 Å². The van der Waals surface area contributed by atoms with Gasteiger partial charge < -0.3 is 0 Å². The van der Waals surface area contributed by atoms with Crippen LogP contribution in [0.25, 0.3) is 0 Å². The van der Waals surface area contributed by atoms with E-state index in [4.69, 9.17) is 11.6 Å². The van der Waals surface area contributed by atoms with Crippen molar-refractivity contribution in [3.63, 3.8) is 0 Å². The number of Topliss-reactive ketones (excluding diaryl/α,β-unsaturated/α-hetero) is 1. The molecule has 0 atom stereocenters. The maximum atomic E-state index is 12.2. The minimum absolute atomic E-state index is 0.0173. The average molecular weight is 269 g/mol. The molecule has 0 N–H and O–H groups in total. The third kappa shape index (κ3) is 2.58. The second kappa shape index (κ2) is 5.02. The van der Waals surface area contributed by atoms with Gasteiger partial charge in [-0.15, -0.1) is 11.3 Å². The van der Waals surface area contributed by atoms with Gasteiger partial charge in [0, 0.05) is 17.3 Å². The van der Waals surface area contributed by atoms with E-state index in [-0.39, 0.29) is 11.8 Å². The van der Waals surface area contributed by atoms with Crippen molar-refractivity contribution in [3.8, 4) is 0 Å². The number of thiophene rings is 1. The Balaban J connectivity index is 2.27. The molecular formula is C12H13ClN2OS. The Kier molecular flexibility index (Phi) is 3.64. The van der Waals surface area contributed by atoms with Crippen molar-refractivity contribution in [3.05, 3.63) is 39.3 Å². The monoisotopic (exact) mass is 268 g/mol. The van der Waals surface area contributed by atoms with Gasteiger partial charge in [-0.05, 0) is 25.3 Å². The van der Waals surface area contributed by atoms with E-state index in [9.17, 15) is 4.79 Å². The molecule has 0 radical (unpaired) electrons. The van der Waals surface area contributed by atoms with Crippen LogP contribution < -0.4 is 0 Å². The minimum atomic E-state index is 0.0173. The lowest BCUT2D eigenvalue weighted by Gasteiger charge is -2.09. The third-order valence-corrected chi connectivity index (χ3v) is 3.57. The minimum Gasteiger partial charge on any atom is -0.292 e. The van der Waals surface area contributed by atoms with Crippen LogP contribution in [0.15, 0.2) is 23.7 Å². The van der Waals surface area contributed by atoms with Crippen LogP contribution in [0, 0.1) is 0 Å². The van der Waals surface area contributed by atoms with Gasteiger partial charge in [0.1, 0.15) is 5.69 Å². The Hall–Kier alpha value is -1.13. The van der Waals surface area contributed by atoms with Crippen molar-refractivity contribution in [2.75, 3.05) is 0 Å². The fraction of sp³-hybridized carbons (Fsp3) is 0.333. The summed E-state index contributed by atoms with van der Waals surface area (Å²) in [5, 5.41) is 6.53. The molecule has 2 aromatic heterocycles. The van der Waals surface area contributed by atoms with E-state index in [0.717, 1.165) is 4.88 Å². The molecule has 0 fully saturated rings. The van der Waals surface area contributed by atoms with Crippen LogP contribution in [-0.2, 0) is 6.42 Å². The van der Waals surface area contributed by atoms with Crippen LogP contribution in [0.2, 0.25) is 5.02 Å². The van der Waals surface area contributed by atoms with Crippen molar-refractivity contribution in [2.45, 2.75) is 26.3 Å². The van der Waals surface area contributed by atoms with Gasteiger partial charge >= 0.3 is 0 Å². The Morgan fingerprint density at radius 3 is 2.94 bits per heavy atom. The number of nitrogens with zero attached hydrogens (tertiary/aromatic N) is 2. The van der Waals surface area contributed by atoms with Gasteiger partial charge in [-0.3, -0.25) is 9.48 Å². The summed E-state index contributed by atoms with van der Waals surface area (Å²) < 4.78 is 1.68. The maximum Gasteiger partial charge on any atom is 0.187 e. The fourth-order valence-corrected chi connectivity index (χ4v) is 2.59. The lowest BCUT2D eigenvalue weighted by atomic mass is 10.2. The molecule has 0 saturated carbocycles. The molecule has 2 rings (SSSR count). The van der Waals surface area contributed by atoms with E-state index in [1.54, 1.807) is 16.0 Å². The number of ketones is 1. The summed E-state index contributed by atoms with van der Waals surface area (Å²) in [4.78, 5) is 13.2. The first-order chi connectivity index (χ1) is 8.09. The zero-order chi connectivity index (χ0) is 12.4. The summed E-state index contributed by atoms with van der Waals surface area (Å²) in [7, 11) is 0. The molecule has 5 heteroatoms. The number of carbonyl (C=O) groups excluding carboxylic acids is 1. The Bertz CT molecular complexity index is 517. The number of hydrogen-bond donors (Lipinski definition) is 0. The molecule has 2 heterocycles. The first kappa shape index (κ1) is 12.3. The highest BCUT2D eigenvalue weighted by Crippen LogP contribution is 2.21. The number of carbonyl (C=O) groups is 1. The quantitative estimate of drug-likeness (QED) is 0.794. The van der Waals surface area contributed by atoms with E-state index in [2.05, 4.69) is 5.10 Å². The molecule has 0 bridgehead atoms. The molecule has 3 nitrogen and oxygen atoms in total. The normalized spacial score (nSPS) is 11.1. The molecule has 0 aliphatic rings. The topological polar surface area (TPSA) is 34.9 Å². The van der Waals surface area contributed by atoms with Crippen molar-refractivity contribution >= 4 is 28.7 Å². The highest BCUT2D eigenvalue weighted by Gasteiger charge is 2.19. The van der Waals surface area contributed by atoms with Crippen molar-refractivity contribution in [1.29, 1.82) is 0 Å². The van der Waals surface area contributed by atoms with E-state index < -0.39 is 0 Å². The third-order valence-electron chi connectivity index (χ3n) is 2.42. The lowest BCUT2D eigenvalue weighted by molar-refractivity contribution is 0.0982. The smallest absolute Gasteiger partial charge is 0.187 e. The summed E-state index contributed by atoms with van der Waals surface area (Å²) in [6, 6.07) is 4.02. The van der Waals surface area contributed by atoms with Crippen molar-refractivity contribution in [1.82, 2.24) is 9.78 Å². The van der Waals surface area contributed by atoms with Gasteiger partial charge in [-0.2, -0.15) is 5.10 Å². The summed E-state index contributed by atoms with van der Waals surface area (Å²) in [5.74, 6) is 0.0173. The Morgan fingerprint density at radius 2 is 2.35 bits per heavy atom. The van der Waals surface area contributed by atoms with E-state index in [0.29, 0.717) is 17.1 Å². The predicted molar refractivity (Wildman–Crippen MR) is 70.0 cm³/mol. The van der Waals surface area contributed by atoms with E-state index in [1.165, 1.54) is 6.20 Å². The zero-order valence-electron chi connectivity index (χ0n) is 9.68. The molecular weight excluding hydrogens is 256 g/mol. The second-order valence-corrected chi connectivity index (χ2v) is 5.50. The van der Waals surface area contributed by atoms with Crippen molar-refractivity contribution in [2.24, 2.45) is 0 Å². The molecule has 17 heavy (non-hydrogen) atoms. The Morgan fingerprint density at radius 1 is 1.59 bits per heavy atom.